The largest absolute Gasteiger partial charge is 0.488 e. The van der Waals surface area contributed by atoms with Gasteiger partial charge in [0, 0.05) is 11.1 Å². The van der Waals surface area contributed by atoms with Crippen molar-refractivity contribution in [3.8, 4) is 17.1 Å². The molecule has 4 heteroatoms. The molecule has 0 N–H and O–H groups in total. The number of rotatable bonds is 4. The van der Waals surface area contributed by atoms with Crippen LogP contribution in [0.3, 0.4) is 0 Å². The number of para-hydroxylation sites is 1. The Morgan fingerprint density at radius 1 is 1.09 bits per heavy atom. The monoisotopic (exact) mass is 314 g/mol. The first-order valence-electron chi connectivity index (χ1n) is 7.03. The first kappa shape index (κ1) is 14.7. The van der Waals surface area contributed by atoms with E-state index in [0.717, 1.165) is 5.56 Å². The molecule has 1 aromatic heterocycles. The van der Waals surface area contributed by atoms with Crippen LogP contribution in [0.5, 0.6) is 5.75 Å². The van der Waals surface area contributed by atoms with Crippen molar-refractivity contribution in [2.24, 2.45) is 0 Å². The molecule has 0 fully saturated rings. The lowest BCUT2D eigenvalue weighted by molar-refractivity contribution is 0.341. The molecule has 0 amide bonds. The van der Waals surface area contributed by atoms with Crippen LogP contribution in [0.4, 0.5) is 0 Å². The van der Waals surface area contributed by atoms with Gasteiger partial charge in [-0.3, -0.25) is 4.79 Å². The maximum Gasteiger partial charge on any atom is 0.196 e. The van der Waals surface area contributed by atoms with Crippen molar-refractivity contribution in [2.45, 2.75) is 6.92 Å². The Morgan fingerprint density at radius 2 is 1.86 bits per heavy atom. The average molecular weight is 315 g/mol. The van der Waals surface area contributed by atoms with Crippen LogP contribution < -0.4 is 10.2 Å². The van der Waals surface area contributed by atoms with Gasteiger partial charge in [0.25, 0.3) is 0 Å². The van der Waals surface area contributed by atoms with Gasteiger partial charge in [0.05, 0.1) is 11.3 Å². The highest BCUT2D eigenvalue weighted by molar-refractivity contribution is 6.18. The second kappa shape index (κ2) is 6.24. The summed E-state index contributed by atoms with van der Waals surface area (Å²) in [4.78, 5) is 12.6. The lowest BCUT2D eigenvalue weighted by atomic mass is 10.1. The Hall–Kier alpha value is -2.26. The van der Waals surface area contributed by atoms with Gasteiger partial charge in [-0.15, -0.1) is 11.6 Å². The van der Waals surface area contributed by atoms with Crippen LogP contribution in [0.15, 0.2) is 57.7 Å². The summed E-state index contributed by atoms with van der Waals surface area (Å²) in [6, 6.07) is 14.9. The minimum atomic E-state index is -0.0450. The maximum atomic E-state index is 12.6. The normalized spacial score (nSPS) is 10.8. The van der Waals surface area contributed by atoms with Crippen molar-refractivity contribution in [3.63, 3.8) is 0 Å². The summed E-state index contributed by atoms with van der Waals surface area (Å²) in [6.07, 6.45) is 0. The van der Waals surface area contributed by atoms with E-state index in [0.29, 0.717) is 40.5 Å². The molecule has 2 aromatic carbocycles. The molecule has 0 saturated carbocycles. The highest BCUT2D eigenvalue weighted by Crippen LogP contribution is 2.30. The topological polar surface area (TPSA) is 39.4 Å². The van der Waals surface area contributed by atoms with E-state index in [9.17, 15) is 4.79 Å². The van der Waals surface area contributed by atoms with Gasteiger partial charge in [-0.25, -0.2) is 0 Å². The van der Waals surface area contributed by atoms with Gasteiger partial charge in [0.1, 0.15) is 12.4 Å². The SMILES string of the molecule is Cc1c(-c2ccccc2)oc2c(OCCCl)cccc2c1=O. The molecule has 3 nitrogen and oxygen atoms in total. The van der Waals surface area contributed by atoms with Gasteiger partial charge >= 0.3 is 0 Å². The van der Waals surface area contributed by atoms with E-state index >= 15 is 0 Å². The molecule has 0 aliphatic rings. The Balaban J connectivity index is 2.27. The van der Waals surface area contributed by atoms with E-state index < -0.39 is 0 Å². The summed E-state index contributed by atoms with van der Waals surface area (Å²) in [5, 5.41) is 0.518. The van der Waals surface area contributed by atoms with Crippen molar-refractivity contribution < 1.29 is 9.15 Å². The van der Waals surface area contributed by atoms with Crippen LogP contribution in [-0.4, -0.2) is 12.5 Å². The van der Waals surface area contributed by atoms with Gasteiger partial charge in [0.2, 0.25) is 0 Å². The Labute approximate surface area is 133 Å². The second-order valence-electron chi connectivity index (χ2n) is 4.92. The molecule has 3 rings (SSSR count). The minimum Gasteiger partial charge on any atom is -0.488 e. The molecule has 3 aromatic rings. The fraction of sp³-hybridized carbons (Fsp3) is 0.167. The Morgan fingerprint density at radius 3 is 2.59 bits per heavy atom. The molecule has 0 saturated heterocycles. The van der Waals surface area contributed by atoms with Crippen molar-refractivity contribution in [2.75, 3.05) is 12.5 Å². The fourth-order valence-corrected chi connectivity index (χ4v) is 2.49. The minimum absolute atomic E-state index is 0.0450. The summed E-state index contributed by atoms with van der Waals surface area (Å²) < 4.78 is 11.6. The van der Waals surface area contributed by atoms with Crippen LogP contribution in [-0.2, 0) is 0 Å². The number of benzene rings is 2. The average Bonchev–Trinajstić information content (AvgIpc) is 2.57. The van der Waals surface area contributed by atoms with Crippen molar-refractivity contribution in [1.29, 1.82) is 0 Å². The van der Waals surface area contributed by atoms with Gasteiger partial charge in [0.15, 0.2) is 16.8 Å². The molecule has 0 bridgehead atoms. The lowest BCUT2D eigenvalue weighted by Gasteiger charge is -2.10. The molecule has 112 valence electrons. The molecular formula is C18H15ClO3. The molecule has 22 heavy (non-hydrogen) atoms. The van der Waals surface area contributed by atoms with E-state index in [1.54, 1.807) is 25.1 Å². The molecule has 1 heterocycles. The molecule has 0 spiro atoms. The second-order valence-corrected chi connectivity index (χ2v) is 5.30. The lowest BCUT2D eigenvalue weighted by Crippen LogP contribution is -2.08. The molecule has 0 atom stereocenters. The summed E-state index contributed by atoms with van der Waals surface area (Å²) >= 11 is 5.67. The molecule has 0 unspecified atom stereocenters. The molecule has 0 aliphatic heterocycles. The first-order valence-corrected chi connectivity index (χ1v) is 7.56. The predicted molar refractivity (Wildman–Crippen MR) is 88.9 cm³/mol. The fourth-order valence-electron chi connectivity index (χ4n) is 2.41. The summed E-state index contributed by atoms with van der Waals surface area (Å²) in [5.74, 6) is 1.48. The molecule has 0 aliphatic carbocycles. The third-order valence-electron chi connectivity index (χ3n) is 3.48. The molecule has 0 radical (unpaired) electrons. The standard InChI is InChI=1S/C18H15ClO3/c1-12-16(20)14-8-5-9-15(21-11-10-19)18(14)22-17(12)13-6-3-2-4-7-13/h2-9H,10-11H2,1H3. The maximum absolute atomic E-state index is 12.6. The van der Waals surface area contributed by atoms with E-state index in [-0.39, 0.29) is 5.43 Å². The summed E-state index contributed by atoms with van der Waals surface area (Å²) in [7, 11) is 0. The van der Waals surface area contributed by atoms with E-state index in [1.807, 2.05) is 30.3 Å². The number of fused-ring (bicyclic) bond motifs is 1. The van der Waals surface area contributed by atoms with E-state index in [4.69, 9.17) is 20.8 Å². The van der Waals surface area contributed by atoms with Gasteiger partial charge in [-0.1, -0.05) is 36.4 Å². The summed E-state index contributed by atoms with van der Waals surface area (Å²) in [6.45, 7) is 2.14. The van der Waals surface area contributed by atoms with Crippen LogP contribution in [0.1, 0.15) is 5.56 Å². The van der Waals surface area contributed by atoms with Crippen LogP contribution >= 0.6 is 11.6 Å². The van der Waals surface area contributed by atoms with Crippen LogP contribution in [0.25, 0.3) is 22.3 Å². The summed E-state index contributed by atoms with van der Waals surface area (Å²) in [5.41, 5.74) is 1.87. The molecular weight excluding hydrogens is 300 g/mol. The third kappa shape index (κ3) is 2.60. The van der Waals surface area contributed by atoms with Crippen LogP contribution in [0.2, 0.25) is 0 Å². The number of alkyl halides is 1. The van der Waals surface area contributed by atoms with Crippen molar-refractivity contribution in [1.82, 2.24) is 0 Å². The van der Waals surface area contributed by atoms with Gasteiger partial charge in [-0.2, -0.15) is 0 Å². The zero-order valence-electron chi connectivity index (χ0n) is 12.1. The predicted octanol–water partition coefficient (Wildman–Crippen LogP) is 4.39. The van der Waals surface area contributed by atoms with E-state index in [1.165, 1.54) is 0 Å². The number of hydrogen-bond acceptors (Lipinski definition) is 3. The first-order chi connectivity index (χ1) is 10.7. The smallest absolute Gasteiger partial charge is 0.196 e. The number of ether oxygens (including phenoxy) is 1. The van der Waals surface area contributed by atoms with Gasteiger partial charge < -0.3 is 9.15 Å². The zero-order valence-corrected chi connectivity index (χ0v) is 12.9. The highest BCUT2D eigenvalue weighted by atomic mass is 35.5. The Kier molecular flexibility index (Phi) is 4.16. The Bertz CT molecular complexity index is 853. The van der Waals surface area contributed by atoms with Gasteiger partial charge in [-0.05, 0) is 19.1 Å². The number of hydrogen-bond donors (Lipinski definition) is 0. The zero-order chi connectivity index (χ0) is 15.5. The van der Waals surface area contributed by atoms with Crippen molar-refractivity contribution in [3.05, 3.63) is 64.3 Å². The van der Waals surface area contributed by atoms with E-state index in [2.05, 4.69) is 0 Å². The third-order valence-corrected chi connectivity index (χ3v) is 3.63. The quantitative estimate of drug-likeness (QED) is 0.671. The number of halogens is 1. The van der Waals surface area contributed by atoms with Crippen molar-refractivity contribution >= 4 is 22.6 Å². The highest BCUT2D eigenvalue weighted by Gasteiger charge is 2.15. The van der Waals surface area contributed by atoms with Crippen LogP contribution in [0, 0.1) is 6.92 Å².